The average molecular weight is 719 g/mol. The van der Waals surface area contributed by atoms with E-state index in [9.17, 15) is 4.79 Å². The third-order valence-electron chi connectivity index (χ3n) is 10.9. The van der Waals surface area contributed by atoms with Crippen molar-refractivity contribution < 1.29 is 23.4 Å². The number of fused-ring (bicyclic) bond motifs is 1. The van der Waals surface area contributed by atoms with E-state index in [0.29, 0.717) is 30.4 Å². The van der Waals surface area contributed by atoms with E-state index in [-0.39, 0.29) is 17.6 Å². The molecule has 0 bridgehead atoms. The molecule has 1 saturated carbocycles. The van der Waals surface area contributed by atoms with E-state index in [2.05, 4.69) is 9.80 Å². The number of carbonyl (C=O) groups excluding carboxylic acids is 1. The Morgan fingerprint density at radius 3 is 2.31 bits per heavy atom. The van der Waals surface area contributed by atoms with E-state index in [1.807, 2.05) is 72.8 Å². The molecule has 5 aromatic rings. The number of hydrogen-bond donors (Lipinski definition) is 0. The molecule has 2 saturated heterocycles. The van der Waals surface area contributed by atoms with Crippen molar-refractivity contribution >= 4 is 27.2 Å². The number of ketones is 1. The zero-order valence-corrected chi connectivity index (χ0v) is 30.6. The van der Waals surface area contributed by atoms with Crippen LogP contribution in [-0.4, -0.2) is 67.1 Å². The molecule has 3 heterocycles. The van der Waals surface area contributed by atoms with Crippen molar-refractivity contribution in [2.45, 2.75) is 70.1 Å². The van der Waals surface area contributed by atoms with Gasteiger partial charge in [0.25, 0.3) is 0 Å². The van der Waals surface area contributed by atoms with Gasteiger partial charge in [0, 0.05) is 38.7 Å². The molecular formula is C44H47FN2O4S. The van der Waals surface area contributed by atoms with Gasteiger partial charge in [-0.25, -0.2) is 4.39 Å². The Morgan fingerprint density at radius 1 is 0.769 bits per heavy atom. The van der Waals surface area contributed by atoms with Gasteiger partial charge in [0.05, 0.1) is 0 Å². The molecule has 2 atom stereocenters. The first-order chi connectivity index (χ1) is 25.6. The molecule has 0 radical (unpaired) electrons. The Labute approximate surface area is 310 Å². The van der Waals surface area contributed by atoms with E-state index >= 15 is 4.39 Å². The van der Waals surface area contributed by atoms with Gasteiger partial charge in [-0.15, -0.1) is 11.3 Å². The number of carbonyl (C=O) groups is 1. The monoisotopic (exact) mass is 718 g/mol. The Morgan fingerprint density at radius 2 is 1.52 bits per heavy atom. The quantitative estimate of drug-likeness (QED) is 0.113. The van der Waals surface area contributed by atoms with Crippen molar-refractivity contribution in [2.75, 3.05) is 39.3 Å². The SMILES string of the molecule is O=C(c1ccc(O[C@@H]2CCCC[C@H]2N2CCCC2)c(F)c1)c1c(-c2ccc(OCCN3CCCC3)cc2)sc2cc(OCc3ccccc3)ccc12. The highest BCUT2D eigenvalue weighted by Crippen LogP contribution is 2.42. The minimum absolute atomic E-state index is 0.0409. The molecule has 0 spiro atoms. The first-order valence-corrected chi connectivity index (χ1v) is 19.8. The van der Waals surface area contributed by atoms with Crippen LogP contribution in [-0.2, 0) is 6.61 Å². The van der Waals surface area contributed by atoms with Crippen molar-refractivity contribution in [1.82, 2.24) is 9.80 Å². The molecule has 4 aromatic carbocycles. The molecule has 0 amide bonds. The van der Waals surface area contributed by atoms with Crippen LogP contribution < -0.4 is 14.2 Å². The summed E-state index contributed by atoms with van der Waals surface area (Å²) >= 11 is 1.55. The number of halogens is 1. The Hall–Kier alpha value is -4.24. The number of likely N-dealkylation sites (tertiary alicyclic amines) is 2. The first kappa shape index (κ1) is 34.8. The molecule has 0 N–H and O–H groups in total. The molecule has 0 unspecified atom stereocenters. The third kappa shape index (κ3) is 7.89. The zero-order chi connectivity index (χ0) is 35.3. The van der Waals surface area contributed by atoms with Crippen LogP contribution in [0.4, 0.5) is 4.39 Å². The van der Waals surface area contributed by atoms with Crippen molar-refractivity contribution in [1.29, 1.82) is 0 Å². The highest BCUT2D eigenvalue weighted by Gasteiger charge is 2.34. The van der Waals surface area contributed by atoms with Crippen LogP contribution in [0.5, 0.6) is 17.2 Å². The van der Waals surface area contributed by atoms with Crippen LogP contribution >= 0.6 is 11.3 Å². The fourth-order valence-electron chi connectivity index (χ4n) is 8.09. The summed E-state index contributed by atoms with van der Waals surface area (Å²) in [7, 11) is 0. The summed E-state index contributed by atoms with van der Waals surface area (Å²) in [5.41, 5.74) is 2.86. The summed E-state index contributed by atoms with van der Waals surface area (Å²) in [6.45, 7) is 6.48. The predicted molar refractivity (Wildman–Crippen MR) is 207 cm³/mol. The van der Waals surface area contributed by atoms with Crippen LogP contribution in [0.2, 0.25) is 0 Å². The van der Waals surface area contributed by atoms with Crippen molar-refractivity contribution in [3.8, 4) is 27.7 Å². The van der Waals surface area contributed by atoms with Crippen LogP contribution in [0, 0.1) is 5.82 Å². The second-order valence-corrected chi connectivity index (χ2v) is 15.4. The number of thiophene rings is 1. The van der Waals surface area contributed by atoms with E-state index in [0.717, 1.165) is 89.6 Å². The molecule has 52 heavy (non-hydrogen) atoms. The van der Waals surface area contributed by atoms with Crippen molar-refractivity contribution in [2.24, 2.45) is 0 Å². The lowest BCUT2D eigenvalue weighted by atomic mass is 9.91. The summed E-state index contributed by atoms with van der Waals surface area (Å²) in [5.74, 6) is 1.04. The zero-order valence-electron chi connectivity index (χ0n) is 29.7. The van der Waals surface area contributed by atoms with E-state index < -0.39 is 5.82 Å². The van der Waals surface area contributed by atoms with E-state index in [1.54, 1.807) is 23.5 Å². The van der Waals surface area contributed by atoms with E-state index in [4.69, 9.17) is 14.2 Å². The minimum atomic E-state index is -0.496. The molecule has 2 aliphatic heterocycles. The number of ether oxygens (including phenoxy) is 3. The van der Waals surface area contributed by atoms with Gasteiger partial charge in [-0.3, -0.25) is 14.6 Å². The summed E-state index contributed by atoms with van der Waals surface area (Å²) in [6.07, 6.45) is 9.19. The summed E-state index contributed by atoms with van der Waals surface area (Å²) in [6, 6.07) is 28.9. The van der Waals surface area contributed by atoms with Gasteiger partial charge in [-0.1, -0.05) is 36.8 Å². The molecule has 8 rings (SSSR count). The van der Waals surface area contributed by atoms with Crippen molar-refractivity contribution in [3.05, 3.63) is 114 Å². The minimum Gasteiger partial charge on any atom is -0.492 e. The van der Waals surface area contributed by atoms with E-state index in [1.165, 1.54) is 38.2 Å². The number of rotatable bonds is 13. The largest absolute Gasteiger partial charge is 0.492 e. The standard InChI is InChI=1S/C44H47FN2O4S/c45-37-28-33(16-21-39(37)51-40-13-5-4-12-38(40)47-24-8-9-25-47)43(48)42-36-20-19-35(50-30-31-10-2-1-3-11-31)29-41(36)52-44(42)32-14-17-34(18-15-32)49-27-26-46-22-6-7-23-46/h1-3,10-11,14-21,28-29,38,40H,4-9,12-13,22-27,30H2/t38-,40-/m1/s1. The summed E-state index contributed by atoms with van der Waals surface area (Å²) in [4.78, 5) is 20.2. The predicted octanol–water partition coefficient (Wildman–Crippen LogP) is 9.78. The maximum absolute atomic E-state index is 15.8. The second-order valence-electron chi connectivity index (χ2n) is 14.4. The highest BCUT2D eigenvalue weighted by atomic mass is 32.1. The smallest absolute Gasteiger partial charge is 0.195 e. The Bertz CT molecular complexity index is 1970. The maximum Gasteiger partial charge on any atom is 0.195 e. The second kappa shape index (κ2) is 16.2. The molecule has 3 fully saturated rings. The third-order valence-corrected chi connectivity index (χ3v) is 12.1. The van der Waals surface area contributed by atoms with Gasteiger partial charge in [-0.05, 0) is 143 Å². The number of benzene rings is 4. The fraction of sp³-hybridized carbons (Fsp3) is 0.386. The normalized spacial score (nSPS) is 19.6. The highest BCUT2D eigenvalue weighted by molar-refractivity contribution is 7.22. The van der Waals surface area contributed by atoms with Crippen molar-refractivity contribution in [3.63, 3.8) is 0 Å². The van der Waals surface area contributed by atoms with Gasteiger partial charge in [0.2, 0.25) is 0 Å². The molecule has 8 heteroatoms. The molecule has 1 aromatic heterocycles. The lowest BCUT2D eigenvalue weighted by Gasteiger charge is -2.37. The maximum atomic E-state index is 15.8. The molecule has 3 aliphatic rings. The van der Waals surface area contributed by atoms with Gasteiger partial charge >= 0.3 is 0 Å². The van der Waals surface area contributed by atoms with Crippen LogP contribution in [0.25, 0.3) is 20.5 Å². The molecule has 270 valence electrons. The van der Waals surface area contributed by atoms with Gasteiger partial charge in [0.15, 0.2) is 17.3 Å². The topological polar surface area (TPSA) is 51.2 Å². The van der Waals surface area contributed by atoms with Crippen LogP contribution in [0.1, 0.15) is 72.9 Å². The fourth-order valence-corrected chi connectivity index (χ4v) is 9.32. The summed E-state index contributed by atoms with van der Waals surface area (Å²) < 4.78 is 35.4. The molecule has 6 nitrogen and oxygen atoms in total. The Kier molecular flexibility index (Phi) is 10.8. The summed E-state index contributed by atoms with van der Waals surface area (Å²) in [5, 5.41) is 0.819. The van der Waals surface area contributed by atoms with Gasteiger partial charge < -0.3 is 14.2 Å². The lowest BCUT2D eigenvalue weighted by Crippen LogP contribution is -2.46. The first-order valence-electron chi connectivity index (χ1n) is 19.0. The number of hydrogen-bond acceptors (Lipinski definition) is 7. The number of nitrogens with zero attached hydrogens (tertiary/aromatic N) is 2. The van der Waals surface area contributed by atoms with Crippen LogP contribution in [0.3, 0.4) is 0 Å². The van der Waals surface area contributed by atoms with Gasteiger partial charge in [0.1, 0.15) is 30.8 Å². The molecular weight excluding hydrogens is 672 g/mol. The average Bonchev–Trinajstić information content (AvgIpc) is 3.98. The lowest BCUT2D eigenvalue weighted by molar-refractivity contribution is 0.0460. The Balaban J connectivity index is 1.06. The molecule has 1 aliphatic carbocycles. The van der Waals surface area contributed by atoms with Gasteiger partial charge in [-0.2, -0.15) is 0 Å². The van der Waals surface area contributed by atoms with Crippen LogP contribution in [0.15, 0.2) is 91.0 Å².